The Morgan fingerprint density at radius 2 is 1.72 bits per heavy atom. The predicted octanol–water partition coefficient (Wildman–Crippen LogP) is 4.40. The highest BCUT2D eigenvalue weighted by Crippen LogP contribution is 2.37. The van der Waals surface area contributed by atoms with Gasteiger partial charge in [-0.15, -0.1) is 0 Å². The minimum Gasteiger partial charge on any atom is -0.497 e. The smallest absolute Gasteiger partial charge is 0.261 e. The van der Waals surface area contributed by atoms with Crippen LogP contribution in [0.3, 0.4) is 0 Å². The van der Waals surface area contributed by atoms with Gasteiger partial charge in [0.1, 0.15) is 11.5 Å². The number of hydrogen-bond donors (Lipinski definition) is 2. The number of amides is 1. The largest absolute Gasteiger partial charge is 0.497 e. The average molecular weight is 404 g/mol. The fourth-order valence-corrected chi connectivity index (χ4v) is 3.75. The second kappa shape index (κ2) is 7.93. The number of rotatable bonds is 4. The van der Waals surface area contributed by atoms with Gasteiger partial charge in [0.2, 0.25) is 0 Å². The van der Waals surface area contributed by atoms with Crippen molar-refractivity contribution >= 4 is 28.9 Å². The lowest BCUT2D eigenvalue weighted by Crippen LogP contribution is -2.34. The predicted molar refractivity (Wildman–Crippen MR) is 118 cm³/mol. The first-order chi connectivity index (χ1) is 14.1. The molecule has 29 heavy (non-hydrogen) atoms. The second-order valence-electron chi connectivity index (χ2n) is 6.68. The average Bonchev–Trinajstić information content (AvgIpc) is 3.10. The van der Waals surface area contributed by atoms with Crippen LogP contribution in [0.4, 0.5) is 5.69 Å². The molecule has 0 unspecified atom stereocenters. The van der Waals surface area contributed by atoms with Crippen molar-refractivity contribution in [2.75, 3.05) is 19.5 Å². The molecule has 0 saturated heterocycles. The maximum Gasteiger partial charge on any atom is 0.261 e. The van der Waals surface area contributed by atoms with Crippen LogP contribution >= 0.6 is 12.2 Å². The van der Waals surface area contributed by atoms with E-state index in [-0.39, 0.29) is 11.0 Å². The zero-order valence-corrected chi connectivity index (χ0v) is 16.9. The number of thiocarbonyl (C=S) groups is 1. The van der Waals surface area contributed by atoms with Gasteiger partial charge in [0.15, 0.2) is 5.11 Å². The van der Waals surface area contributed by atoms with E-state index in [9.17, 15) is 4.79 Å². The molecule has 0 atom stereocenters. The first-order valence-electron chi connectivity index (χ1n) is 9.14. The van der Waals surface area contributed by atoms with E-state index in [2.05, 4.69) is 47.0 Å². The lowest BCUT2D eigenvalue weighted by Gasteiger charge is -2.13. The van der Waals surface area contributed by atoms with Crippen molar-refractivity contribution in [3.05, 3.63) is 77.4 Å². The molecule has 146 valence electrons. The van der Waals surface area contributed by atoms with Crippen LogP contribution < -0.4 is 20.1 Å². The van der Waals surface area contributed by atoms with Gasteiger partial charge in [0, 0.05) is 11.8 Å². The monoisotopic (exact) mass is 404 g/mol. The molecule has 4 rings (SSSR count). The molecule has 0 saturated carbocycles. The molecular weight excluding hydrogens is 384 g/mol. The summed E-state index contributed by atoms with van der Waals surface area (Å²) in [6.45, 7) is 0. The highest BCUT2D eigenvalue weighted by Gasteiger charge is 2.19. The van der Waals surface area contributed by atoms with Crippen LogP contribution in [0.5, 0.6) is 11.5 Å². The van der Waals surface area contributed by atoms with Crippen LogP contribution in [0.1, 0.15) is 21.5 Å². The zero-order valence-electron chi connectivity index (χ0n) is 16.1. The van der Waals surface area contributed by atoms with Crippen LogP contribution in [0.25, 0.3) is 11.1 Å². The molecule has 0 spiro atoms. The van der Waals surface area contributed by atoms with E-state index in [1.165, 1.54) is 29.4 Å². The number of hydrogen-bond acceptors (Lipinski definition) is 4. The second-order valence-corrected chi connectivity index (χ2v) is 7.09. The van der Waals surface area contributed by atoms with Crippen molar-refractivity contribution in [3.8, 4) is 22.6 Å². The molecule has 0 heterocycles. The third-order valence-corrected chi connectivity index (χ3v) is 5.14. The minimum absolute atomic E-state index is 0.225. The summed E-state index contributed by atoms with van der Waals surface area (Å²) < 4.78 is 10.4. The Bertz CT molecular complexity index is 1110. The third kappa shape index (κ3) is 3.79. The molecule has 0 aromatic heterocycles. The van der Waals surface area contributed by atoms with Crippen molar-refractivity contribution in [2.24, 2.45) is 0 Å². The minimum atomic E-state index is -0.351. The van der Waals surface area contributed by atoms with E-state index in [0.29, 0.717) is 17.1 Å². The maximum absolute atomic E-state index is 12.6. The Balaban J connectivity index is 1.46. The number of ether oxygens (including phenoxy) is 2. The Hall–Kier alpha value is -3.38. The molecular formula is C23H20N2O3S. The standard InChI is InChI=1S/C23H20N2O3S/c1-27-17-8-10-20(21(13-17)28-2)22(26)25-23(29)24-16-7-9-19-15(12-16)11-14-5-3-4-6-18(14)19/h3-10,12-13H,11H2,1-2H3,(H2,24,25,26,29). The van der Waals surface area contributed by atoms with Crippen LogP contribution in [-0.4, -0.2) is 25.2 Å². The van der Waals surface area contributed by atoms with Gasteiger partial charge in [-0.2, -0.15) is 0 Å². The molecule has 0 radical (unpaired) electrons. The van der Waals surface area contributed by atoms with Crippen LogP contribution in [-0.2, 0) is 6.42 Å². The first kappa shape index (κ1) is 19.0. The van der Waals surface area contributed by atoms with Gasteiger partial charge in [-0.25, -0.2) is 0 Å². The van der Waals surface area contributed by atoms with Crippen molar-refractivity contribution in [1.82, 2.24) is 5.32 Å². The summed E-state index contributed by atoms with van der Waals surface area (Å²) in [6.07, 6.45) is 0.892. The molecule has 3 aromatic rings. The molecule has 5 nitrogen and oxygen atoms in total. The van der Waals surface area contributed by atoms with E-state index in [0.717, 1.165) is 12.1 Å². The molecule has 0 aliphatic heterocycles. The summed E-state index contributed by atoms with van der Waals surface area (Å²) >= 11 is 5.33. The maximum atomic E-state index is 12.6. The summed E-state index contributed by atoms with van der Waals surface area (Å²) in [6, 6.07) is 19.5. The summed E-state index contributed by atoms with van der Waals surface area (Å²) in [5, 5.41) is 6.02. The lowest BCUT2D eigenvalue weighted by molar-refractivity contribution is 0.0974. The van der Waals surface area contributed by atoms with Crippen LogP contribution in [0.2, 0.25) is 0 Å². The van der Waals surface area contributed by atoms with E-state index in [4.69, 9.17) is 21.7 Å². The van der Waals surface area contributed by atoms with Gasteiger partial charge in [-0.1, -0.05) is 30.3 Å². The highest BCUT2D eigenvalue weighted by atomic mass is 32.1. The summed E-state index contributed by atoms with van der Waals surface area (Å²) in [7, 11) is 3.06. The van der Waals surface area contributed by atoms with E-state index >= 15 is 0 Å². The van der Waals surface area contributed by atoms with E-state index < -0.39 is 0 Å². The van der Waals surface area contributed by atoms with E-state index in [1.807, 2.05) is 6.07 Å². The topological polar surface area (TPSA) is 59.6 Å². The van der Waals surface area contributed by atoms with Gasteiger partial charge in [-0.3, -0.25) is 10.1 Å². The Morgan fingerprint density at radius 3 is 2.52 bits per heavy atom. The lowest BCUT2D eigenvalue weighted by atomic mass is 10.1. The zero-order chi connectivity index (χ0) is 20.4. The Labute approximate surface area is 174 Å². The SMILES string of the molecule is COc1ccc(C(=O)NC(=S)Nc2ccc3c(c2)Cc2ccccc2-3)c(OC)c1. The first-order valence-corrected chi connectivity index (χ1v) is 9.55. The molecule has 6 heteroatoms. The molecule has 0 fully saturated rings. The van der Waals surface area contributed by atoms with Gasteiger partial charge in [0.25, 0.3) is 5.91 Å². The van der Waals surface area contributed by atoms with Crippen LogP contribution in [0, 0.1) is 0 Å². The van der Waals surface area contributed by atoms with Gasteiger partial charge in [0.05, 0.1) is 19.8 Å². The number of methoxy groups -OCH3 is 2. The normalized spacial score (nSPS) is 11.2. The molecule has 1 aliphatic carbocycles. The molecule has 2 N–H and O–H groups in total. The summed E-state index contributed by atoms with van der Waals surface area (Å²) in [4.78, 5) is 12.6. The summed E-state index contributed by atoms with van der Waals surface area (Å²) in [5.41, 5.74) is 6.29. The third-order valence-electron chi connectivity index (χ3n) is 4.93. The van der Waals surface area contributed by atoms with Gasteiger partial charge < -0.3 is 14.8 Å². The van der Waals surface area contributed by atoms with E-state index in [1.54, 1.807) is 25.3 Å². The van der Waals surface area contributed by atoms with Crippen molar-refractivity contribution in [1.29, 1.82) is 0 Å². The summed E-state index contributed by atoms with van der Waals surface area (Å²) in [5.74, 6) is 0.675. The number of nitrogens with one attached hydrogen (secondary N) is 2. The highest BCUT2D eigenvalue weighted by molar-refractivity contribution is 7.80. The Kier molecular flexibility index (Phi) is 5.18. The number of fused-ring (bicyclic) bond motifs is 3. The molecule has 0 bridgehead atoms. The fourth-order valence-electron chi connectivity index (χ4n) is 3.54. The van der Waals surface area contributed by atoms with Gasteiger partial charge >= 0.3 is 0 Å². The number of carbonyl (C=O) groups excluding carboxylic acids is 1. The van der Waals surface area contributed by atoms with Gasteiger partial charge in [-0.05, 0) is 65.2 Å². The number of carbonyl (C=O) groups is 1. The van der Waals surface area contributed by atoms with Crippen molar-refractivity contribution in [3.63, 3.8) is 0 Å². The molecule has 1 aliphatic rings. The van der Waals surface area contributed by atoms with Crippen molar-refractivity contribution in [2.45, 2.75) is 6.42 Å². The fraction of sp³-hybridized carbons (Fsp3) is 0.130. The molecule has 3 aromatic carbocycles. The number of anilines is 1. The Morgan fingerprint density at radius 1 is 0.931 bits per heavy atom. The molecule has 1 amide bonds. The quantitative estimate of drug-likeness (QED) is 0.494. The van der Waals surface area contributed by atoms with Crippen molar-refractivity contribution < 1.29 is 14.3 Å². The number of benzene rings is 3. The van der Waals surface area contributed by atoms with Crippen LogP contribution in [0.15, 0.2) is 60.7 Å².